The number of nitrogens with zero attached hydrogens (tertiary/aromatic N) is 4. The van der Waals surface area contributed by atoms with E-state index in [9.17, 15) is 0 Å². The Morgan fingerprint density at radius 3 is 1.98 bits per heavy atom. The number of oxazole rings is 1. The van der Waals surface area contributed by atoms with E-state index in [1.165, 1.54) is 17.5 Å². The van der Waals surface area contributed by atoms with E-state index in [4.69, 9.17) is 23.8 Å². The van der Waals surface area contributed by atoms with Crippen LogP contribution < -0.4 is 0 Å². The number of hydrogen-bond acceptors (Lipinski definition) is 6. The number of hydrogen-bond donors (Lipinski definition) is 0. The van der Waals surface area contributed by atoms with Crippen molar-refractivity contribution in [3.63, 3.8) is 0 Å². The summed E-state index contributed by atoms with van der Waals surface area (Å²) in [5, 5.41) is 0. The van der Waals surface area contributed by atoms with Crippen molar-refractivity contribution in [1.29, 1.82) is 0 Å². The summed E-state index contributed by atoms with van der Waals surface area (Å²) in [4.78, 5) is 19.4. The first-order valence-corrected chi connectivity index (χ1v) is 17.4. The van der Waals surface area contributed by atoms with Crippen LogP contribution >= 0.6 is 0 Å². The van der Waals surface area contributed by atoms with Crippen LogP contribution in [0, 0.1) is 0 Å². The van der Waals surface area contributed by atoms with E-state index in [0.717, 1.165) is 55.6 Å². The minimum Gasteiger partial charge on any atom is -0.455 e. The van der Waals surface area contributed by atoms with Crippen molar-refractivity contribution in [2.24, 2.45) is 0 Å². The number of benzene rings is 4. The molecule has 0 atom stereocenters. The van der Waals surface area contributed by atoms with Crippen molar-refractivity contribution < 1.29 is 8.83 Å². The van der Waals surface area contributed by atoms with E-state index in [-0.39, 0.29) is 5.41 Å². The molecule has 0 fully saturated rings. The van der Waals surface area contributed by atoms with Gasteiger partial charge in [-0.3, -0.25) is 0 Å². The molecule has 52 heavy (non-hydrogen) atoms. The van der Waals surface area contributed by atoms with E-state index in [0.29, 0.717) is 34.6 Å². The predicted molar refractivity (Wildman–Crippen MR) is 213 cm³/mol. The maximum Gasteiger partial charge on any atom is 0.182 e. The van der Waals surface area contributed by atoms with Crippen molar-refractivity contribution >= 4 is 41.7 Å². The van der Waals surface area contributed by atoms with Gasteiger partial charge in [-0.05, 0) is 41.3 Å². The second-order valence-electron chi connectivity index (χ2n) is 13.2. The normalized spacial score (nSPS) is 13.5. The maximum absolute atomic E-state index is 6.95. The highest BCUT2D eigenvalue weighted by molar-refractivity contribution is 6.42. The lowest BCUT2D eigenvalue weighted by Crippen LogP contribution is -2.15. The van der Waals surface area contributed by atoms with Gasteiger partial charge in [0.1, 0.15) is 24.3 Å². The van der Waals surface area contributed by atoms with E-state index in [1.54, 1.807) is 0 Å². The van der Waals surface area contributed by atoms with Gasteiger partial charge in [0.15, 0.2) is 29.4 Å². The number of furan rings is 1. The van der Waals surface area contributed by atoms with Gasteiger partial charge in [0.2, 0.25) is 0 Å². The predicted octanol–water partition coefficient (Wildman–Crippen LogP) is 11.1. The van der Waals surface area contributed by atoms with Gasteiger partial charge in [-0.25, -0.2) is 19.9 Å². The van der Waals surface area contributed by atoms with Gasteiger partial charge in [-0.1, -0.05) is 131 Å². The highest BCUT2D eigenvalue weighted by Gasteiger charge is 2.38. The third-order valence-electron chi connectivity index (χ3n) is 9.89. The number of allylic oxidation sites excluding steroid dienone is 1. The molecule has 4 aromatic carbocycles. The first-order valence-electron chi connectivity index (χ1n) is 17.4. The fraction of sp³-hybridized carbons (Fsp3) is 0.111. The number of fused-ring (bicyclic) bond motifs is 5. The van der Waals surface area contributed by atoms with Crippen LogP contribution in [0.5, 0.6) is 0 Å². The van der Waals surface area contributed by atoms with Gasteiger partial charge >= 0.3 is 0 Å². The summed E-state index contributed by atoms with van der Waals surface area (Å²) in [5.41, 5.74) is 12.2. The van der Waals surface area contributed by atoms with Gasteiger partial charge in [-0.15, -0.1) is 5.98 Å². The van der Waals surface area contributed by atoms with Crippen molar-refractivity contribution in [2.75, 3.05) is 0 Å². The third-order valence-corrected chi connectivity index (χ3v) is 9.89. The molecule has 0 unspecified atom stereocenters. The Balaban J connectivity index is 1.28. The van der Waals surface area contributed by atoms with Gasteiger partial charge in [0.05, 0.1) is 0 Å². The molecular weight excluding hydrogens is 639 g/mol. The molecule has 7 aromatic rings. The molecule has 0 amide bonds. The molecule has 1 aliphatic rings. The molecule has 0 saturated heterocycles. The molecule has 251 valence electrons. The average Bonchev–Trinajstić information content (AvgIpc) is 3.87. The largest absolute Gasteiger partial charge is 0.455 e. The van der Waals surface area contributed by atoms with Crippen LogP contribution in [0.3, 0.4) is 0 Å². The van der Waals surface area contributed by atoms with E-state index >= 15 is 0 Å². The van der Waals surface area contributed by atoms with Crippen LogP contribution in [-0.4, -0.2) is 27.2 Å². The zero-order chi connectivity index (χ0) is 36.0. The van der Waals surface area contributed by atoms with Crippen molar-refractivity contribution in [3.8, 4) is 33.9 Å². The van der Waals surface area contributed by atoms with Crippen molar-refractivity contribution in [2.45, 2.75) is 33.0 Å². The Kier molecular flexibility index (Phi) is 8.27. The Hall–Kier alpha value is -6.34. The Morgan fingerprint density at radius 2 is 1.38 bits per heavy atom. The highest BCUT2D eigenvalue weighted by Crippen LogP contribution is 2.52. The van der Waals surface area contributed by atoms with Gasteiger partial charge in [-0.2, -0.15) is 0 Å². The van der Waals surface area contributed by atoms with Gasteiger partial charge < -0.3 is 8.83 Å². The molecule has 3 heterocycles. The average molecular weight is 676 g/mol. The first kappa shape index (κ1) is 32.8. The van der Waals surface area contributed by atoms with Crippen LogP contribution in [0.25, 0.3) is 68.3 Å². The number of rotatable bonds is 9. The summed E-state index contributed by atoms with van der Waals surface area (Å²) in [6, 6.07) is 30.7. The van der Waals surface area contributed by atoms with Crippen LogP contribution in [0.1, 0.15) is 65.9 Å². The molecule has 3 aromatic heterocycles. The van der Waals surface area contributed by atoms with Crippen molar-refractivity contribution in [3.05, 3.63) is 168 Å². The quantitative estimate of drug-likeness (QED) is 0.142. The van der Waals surface area contributed by atoms with Crippen LogP contribution in [0.4, 0.5) is 0 Å². The minimum absolute atomic E-state index is 0.249. The molecule has 0 aliphatic heterocycles. The Morgan fingerprint density at radius 1 is 0.750 bits per heavy atom. The maximum atomic E-state index is 6.95. The fourth-order valence-electron chi connectivity index (χ4n) is 7.35. The highest BCUT2D eigenvalue weighted by atomic mass is 16.3. The summed E-state index contributed by atoms with van der Waals surface area (Å²) in [6.07, 6.45) is 7.26. The molecule has 0 spiro atoms. The number of aromatic nitrogens is 4. The molecule has 1 radical (unpaired) electrons. The lowest BCUT2D eigenvalue weighted by Gasteiger charge is -2.22. The lowest BCUT2D eigenvalue weighted by atomic mass is 9.79. The summed E-state index contributed by atoms with van der Waals surface area (Å²) in [5.74, 6) is 4.90. The van der Waals surface area contributed by atoms with Gasteiger partial charge in [0, 0.05) is 44.4 Å². The smallest absolute Gasteiger partial charge is 0.182 e. The zero-order valence-corrected chi connectivity index (χ0v) is 29.6. The third kappa shape index (κ3) is 5.28. The van der Waals surface area contributed by atoms with E-state index in [2.05, 4.69) is 62.3 Å². The standard InChI is InChI=1S/C45H36BN4O2/c1-7-30(29-20-21-33-36(24-29)45(4,5)35-22-23-37-41(38(33)35)51-26-47-37)39-31(8-2)32(9-3)40(52-39)34(25-46-6)44-49-42(27-16-12-10-13-17-27)48-43(50-44)28-18-14-11-15-19-28/h7-26H,2-3H2,1,4-6H3/b30-7-,34-25+. The second-order valence-corrected chi connectivity index (χ2v) is 13.2. The molecule has 0 bridgehead atoms. The topological polar surface area (TPSA) is 77.8 Å². The summed E-state index contributed by atoms with van der Waals surface area (Å²) in [7, 11) is 1.97. The van der Waals surface area contributed by atoms with E-state index in [1.807, 2.05) is 106 Å². The Labute approximate surface area is 304 Å². The second kappa shape index (κ2) is 13.1. The summed E-state index contributed by atoms with van der Waals surface area (Å²) >= 11 is 0. The SMILES string of the molecule is C=Cc1c(/C(=C\C)c2ccc3c(c2)C(C)(C)c2ccc4ncoc4c2-3)oc(/C(=C\[B]C)c2nc(-c3ccccc3)nc(-c3ccccc3)n2)c1C=C. The monoisotopic (exact) mass is 675 g/mol. The van der Waals surface area contributed by atoms with Gasteiger partial charge in [0.25, 0.3) is 0 Å². The first-order chi connectivity index (χ1) is 25.4. The van der Waals surface area contributed by atoms with E-state index < -0.39 is 0 Å². The van der Waals surface area contributed by atoms with Crippen LogP contribution in [0.2, 0.25) is 6.82 Å². The van der Waals surface area contributed by atoms with Crippen LogP contribution in [-0.2, 0) is 5.41 Å². The van der Waals surface area contributed by atoms with Crippen LogP contribution in [0.15, 0.2) is 131 Å². The molecule has 1 aliphatic carbocycles. The summed E-state index contributed by atoms with van der Waals surface area (Å²) < 4.78 is 12.9. The Bertz CT molecular complexity index is 2520. The molecule has 8 rings (SSSR count). The molecular formula is C45H36BN4O2. The lowest BCUT2D eigenvalue weighted by molar-refractivity contribution is 0.539. The van der Waals surface area contributed by atoms with Crippen molar-refractivity contribution in [1.82, 2.24) is 19.9 Å². The molecule has 7 heteroatoms. The fourth-order valence-corrected chi connectivity index (χ4v) is 7.35. The molecule has 0 N–H and O–H groups in total. The summed E-state index contributed by atoms with van der Waals surface area (Å²) in [6.45, 7) is 17.0. The molecule has 0 saturated carbocycles. The molecule has 6 nitrogen and oxygen atoms in total. The zero-order valence-electron chi connectivity index (χ0n) is 29.6. The minimum atomic E-state index is -0.249.